The molecule has 17 heteroatoms. The van der Waals surface area contributed by atoms with Gasteiger partial charge in [-0.1, -0.05) is 11.6 Å². The number of benzene rings is 2. The summed E-state index contributed by atoms with van der Waals surface area (Å²) in [7, 11) is -8.45. The number of nitrogens with two attached hydrogens (primary N) is 2. The molecule has 1 aliphatic rings. The second-order valence-corrected chi connectivity index (χ2v) is 12.6. The van der Waals surface area contributed by atoms with E-state index in [1.165, 1.54) is 30.8 Å². The minimum Gasteiger partial charge on any atom is -0.369 e. The van der Waals surface area contributed by atoms with Crippen LogP contribution in [0, 0.1) is 0 Å². The fourth-order valence-corrected chi connectivity index (χ4v) is 4.56. The predicted octanol–water partition coefficient (Wildman–Crippen LogP) is 2.81. The maximum atomic E-state index is 12.9. The first-order valence-electron chi connectivity index (χ1n) is 10.6. The lowest BCUT2D eigenvalue weighted by Gasteiger charge is -2.38. The molecular formula is C21H26ClFN6O6S3. The van der Waals surface area contributed by atoms with E-state index in [-0.39, 0.29) is 29.3 Å². The molecule has 38 heavy (non-hydrogen) atoms. The molecule has 1 heterocycles. The predicted molar refractivity (Wildman–Crippen MR) is 147 cm³/mol. The molecule has 0 unspecified atom stereocenters. The molecule has 0 bridgehead atoms. The van der Waals surface area contributed by atoms with Gasteiger partial charge in [0, 0.05) is 16.3 Å². The number of amides is 1. The summed E-state index contributed by atoms with van der Waals surface area (Å²) in [6.45, 7) is 5.03. The lowest BCUT2D eigenvalue weighted by Crippen LogP contribution is -2.54. The van der Waals surface area contributed by atoms with Crippen LogP contribution in [-0.4, -0.2) is 56.4 Å². The van der Waals surface area contributed by atoms with Gasteiger partial charge in [-0.05, 0) is 63.2 Å². The number of rotatable bonds is 7. The van der Waals surface area contributed by atoms with E-state index in [0.717, 1.165) is 12.1 Å². The van der Waals surface area contributed by atoms with Gasteiger partial charge in [0.15, 0.2) is 0 Å². The van der Waals surface area contributed by atoms with E-state index in [4.69, 9.17) is 27.6 Å². The number of guanidine groups is 2. The van der Waals surface area contributed by atoms with Gasteiger partial charge in [0.25, 0.3) is 10.1 Å². The van der Waals surface area contributed by atoms with Crippen molar-refractivity contribution in [2.75, 3.05) is 21.7 Å². The Morgan fingerprint density at radius 3 is 2.21 bits per heavy atom. The summed E-state index contributed by atoms with van der Waals surface area (Å²) in [5, 5.41) is 3.01. The fraction of sp³-hybridized carbons (Fsp3) is 0.286. The molecule has 2 aromatic rings. The molecule has 0 aliphatic carbocycles. The second-order valence-electron chi connectivity index (χ2n) is 8.05. The second kappa shape index (κ2) is 12.3. The van der Waals surface area contributed by atoms with E-state index in [1.54, 1.807) is 23.1 Å². The van der Waals surface area contributed by atoms with Crippen LogP contribution in [0.4, 0.5) is 15.3 Å². The van der Waals surface area contributed by atoms with Crippen LogP contribution in [0.25, 0.3) is 0 Å². The Morgan fingerprint density at radius 1 is 1.16 bits per heavy atom. The van der Waals surface area contributed by atoms with E-state index >= 15 is 0 Å². The highest BCUT2D eigenvalue weighted by molar-refractivity contribution is 8.00. The highest BCUT2D eigenvalue weighted by Gasteiger charge is 2.33. The van der Waals surface area contributed by atoms with Crippen LogP contribution in [0.3, 0.4) is 0 Å². The minimum atomic E-state index is -4.79. The molecule has 208 valence electrons. The summed E-state index contributed by atoms with van der Waals surface area (Å²) in [5.74, 6) is -0.224. The van der Waals surface area contributed by atoms with Crippen molar-refractivity contribution in [3.05, 3.63) is 47.5 Å². The van der Waals surface area contributed by atoms with Crippen molar-refractivity contribution in [1.82, 2.24) is 0 Å². The number of carbonyl (C=O) groups excluding carboxylic acids is 1. The van der Waals surface area contributed by atoms with Crippen LogP contribution in [0.1, 0.15) is 20.8 Å². The number of nitrogens with zero attached hydrogens (tertiary/aromatic N) is 3. The molecule has 6 N–H and O–H groups in total. The Bertz CT molecular complexity index is 1460. The Labute approximate surface area is 229 Å². The van der Waals surface area contributed by atoms with Crippen LogP contribution < -0.4 is 21.7 Å². The Hall–Kier alpha value is -2.92. The van der Waals surface area contributed by atoms with Crippen molar-refractivity contribution in [2.45, 2.75) is 36.2 Å². The van der Waals surface area contributed by atoms with E-state index in [9.17, 15) is 25.5 Å². The molecule has 1 amide bonds. The zero-order chi connectivity index (χ0) is 28.9. The third kappa shape index (κ3) is 9.13. The molecule has 0 fully saturated rings. The van der Waals surface area contributed by atoms with Crippen molar-refractivity contribution in [3.8, 4) is 0 Å². The van der Waals surface area contributed by atoms with Gasteiger partial charge in [0.1, 0.15) is 5.66 Å². The normalized spacial score (nSPS) is 15.1. The molecule has 0 saturated heterocycles. The molecule has 0 radical (unpaired) electrons. The monoisotopic (exact) mass is 608 g/mol. The van der Waals surface area contributed by atoms with E-state index in [1.807, 2.05) is 13.8 Å². The SMILES string of the molecule is CC1(C)N=C(N)N=C(N)N1c1ccc(SCC(=O)Nc2ccc(S(=O)(=O)F)cc2)c(Cl)c1.CCS(=O)(=O)O. The number of aliphatic imine (C=N–C) groups is 2. The van der Waals surface area contributed by atoms with E-state index < -0.39 is 30.9 Å². The van der Waals surface area contributed by atoms with Crippen LogP contribution >= 0.6 is 23.4 Å². The molecule has 3 rings (SSSR count). The van der Waals surface area contributed by atoms with Crippen LogP contribution in [-0.2, 0) is 25.1 Å². The quantitative estimate of drug-likeness (QED) is 0.206. The first-order chi connectivity index (χ1) is 17.4. The lowest BCUT2D eigenvalue weighted by molar-refractivity contribution is -0.113. The average Bonchev–Trinajstić information content (AvgIpc) is 2.77. The summed E-state index contributed by atoms with van der Waals surface area (Å²) in [6.07, 6.45) is 0. The van der Waals surface area contributed by atoms with Crippen LogP contribution in [0.15, 0.2) is 62.2 Å². The largest absolute Gasteiger partial charge is 0.369 e. The summed E-state index contributed by atoms with van der Waals surface area (Å²) in [6, 6.07) is 9.98. The van der Waals surface area contributed by atoms with Crippen molar-refractivity contribution in [1.29, 1.82) is 0 Å². The van der Waals surface area contributed by atoms with Gasteiger partial charge in [-0.2, -0.15) is 21.8 Å². The summed E-state index contributed by atoms with van der Waals surface area (Å²) >= 11 is 7.62. The van der Waals surface area contributed by atoms with Gasteiger partial charge >= 0.3 is 10.2 Å². The number of nitrogens with one attached hydrogen (secondary N) is 1. The summed E-state index contributed by atoms with van der Waals surface area (Å²) in [5.41, 5.74) is 12.0. The molecule has 1 aliphatic heterocycles. The molecule has 0 saturated carbocycles. The highest BCUT2D eigenvalue weighted by Crippen LogP contribution is 2.34. The molecule has 12 nitrogen and oxygen atoms in total. The van der Waals surface area contributed by atoms with Crippen molar-refractivity contribution in [2.24, 2.45) is 21.5 Å². The summed E-state index contributed by atoms with van der Waals surface area (Å²) in [4.78, 5) is 22.4. The number of hydrogen-bond acceptors (Lipinski definition) is 11. The summed E-state index contributed by atoms with van der Waals surface area (Å²) < 4.78 is 61.5. The molecule has 0 aromatic heterocycles. The maximum Gasteiger partial charge on any atom is 0.332 e. The standard InChI is InChI=1S/C19H20ClFN6O3S2.C2H6O3S/c1-19(2)26-17(22)25-18(23)27(19)12-5-8-15(14(20)9-12)31-10-16(28)24-11-3-6-13(7-4-11)32(21,29)30;1-2-6(3,4)5/h3-9H,10H2,1-2H3,(H,24,28)(H4,22,23,25,26);2H2,1H3,(H,3,4,5). The number of thioether (sulfide) groups is 1. The molecular weight excluding hydrogens is 583 g/mol. The van der Waals surface area contributed by atoms with E-state index in [2.05, 4.69) is 15.3 Å². The van der Waals surface area contributed by atoms with Gasteiger partial charge in [0.05, 0.1) is 21.4 Å². The number of anilines is 2. The highest BCUT2D eigenvalue weighted by atomic mass is 35.5. The number of hydrogen-bond donors (Lipinski definition) is 4. The van der Waals surface area contributed by atoms with Crippen LogP contribution in [0.2, 0.25) is 5.02 Å². The van der Waals surface area contributed by atoms with Gasteiger partial charge in [-0.15, -0.1) is 15.6 Å². The Balaban J connectivity index is 0.000000757. The Morgan fingerprint density at radius 2 is 1.74 bits per heavy atom. The average molecular weight is 609 g/mol. The lowest BCUT2D eigenvalue weighted by atomic mass is 10.1. The Kier molecular flexibility index (Phi) is 10.1. The zero-order valence-electron chi connectivity index (χ0n) is 20.4. The molecule has 2 aromatic carbocycles. The number of carbonyl (C=O) groups is 1. The van der Waals surface area contributed by atoms with E-state index in [0.29, 0.717) is 21.3 Å². The topological polar surface area (TPSA) is 198 Å². The maximum absolute atomic E-state index is 12.9. The third-order valence-electron chi connectivity index (χ3n) is 4.71. The third-order valence-corrected chi connectivity index (χ3v) is 7.77. The number of halogens is 2. The smallest absolute Gasteiger partial charge is 0.332 e. The first kappa shape index (κ1) is 31.3. The van der Waals surface area contributed by atoms with Gasteiger partial charge < -0.3 is 16.8 Å². The fourth-order valence-electron chi connectivity index (χ4n) is 3.04. The minimum absolute atomic E-state index is 0.0435. The van der Waals surface area contributed by atoms with Crippen molar-refractivity contribution in [3.63, 3.8) is 0 Å². The van der Waals surface area contributed by atoms with Gasteiger partial charge in [-0.25, -0.2) is 4.99 Å². The van der Waals surface area contributed by atoms with Crippen molar-refractivity contribution >= 4 is 72.9 Å². The first-order valence-corrected chi connectivity index (χ1v) is 15.0. The van der Waals surface area contributed by atoms with Gasteiger partial charge in [-0.3, -0.25) is 14.2 Å². The van der Waals surface area contributed by atoms with Crippen LogP contribution in [0.5, 0.6) is 0 Å². The zero-order valence-corrected chi connectivity index (χ0v) is 23.6. The van der Waals surface area contributed by atoms with Gasteiger partial charge in [0.2, 0.25) is 17.8 Å². The molecule has 0 atom stereocenters. The van der Waals surface area contributed by atoms with Crippen molar-refractivity contribution < 1.29 is 30.1 Å². The molecule has 0 spiro atoms.